The second-order valence-corrected chi connectivity index (χ2v) is 5.62. The molecule has 0 atom stereocenters. The first-order chi connectivity index (χ1) is 9.58. The lowest BCUT2D eigenvalue weighted by atomic mass is 9.99. The molecule has 0 saturated heterocycles. The molecule has 1 aliphatic rings. The van der Waals surface area contributed by atoms with Crippen molar-refractivity contribution in [2.75, 3.05) is 11.9 Å². The van der Waals surface area contributed by atoms with E-state index in [2.05, 4.69) is 22.7 Å². The van der Waals surface area contributed by atoms with Crippen LogP contribution in [-0.4, -0.2) is 33.1 Å². The Morgan fingerprint density at radius 3 is 2.80 bits per heavy atom. The van der Waals surface area contributed by atoms with Crippen LogP contribution in [0.15, 0.2) is 6.07 Å². The van der Waals surface area contributed by atoms with Crippen molar-refractivity contribution in [1.29, 1.82) is 0 Å². The van der Waals surface area contributed by atoms with E-state index in [0.717, 1.165) is 44.2 Å². The number of carbonyl (C=O) groups is 1. The summed E-state index contributed by atoms with van der Waals surface area (Å²) in [5.74, 6) is 0.678. The molecule has 3 N–H and O–H groups in total. The summed E-state index contributed by atoms with van der Waals surface area (Å²) in [6, 6.07) is 1.62. The molecule has 1 aromatic heterocycles. The summed E-state index contributed by atoms with van der Waals surface area (Å²) in [5, 5.41) is 19.6. The van der Waals surface area contributed by atoms with Crippen LogP contribution < -0.4 is 10.6 Å². The highest BCUT2D eigenvalue weighted by Gasteiger charge is 2.34. The fraction of sp³-hybridized carbons (Fsp3) is 0.714. The van der Waals surface area contributed by atoms with Crippen molar-refractivity contribution < 1.29 is 9.90 Å². The number of amides is 2. The Morgan fingerprint density at radius 1 is 1.50 bits per heavy atom. The molecule has 1 heterocycles. The van der Waals surface area contributed by atoms with Gasteiger partial charge in [0.25, 0.3) is 0 Å². The van der Waals surface area contributed by atoms with E-state index in [0.29, 0.717) is 5.82 Å². The minimum absolute atomic E-state index is 0.00705. The van der Waals surface area contributed by atoms with Gasteiger partial charge in [0.05, 0.1) is 17.8 Å². The number of nitrogens with one attached hydrogen (secondary N) is 2. The normalized spacial score (nSPS) is 17.1. The molecule has 0 aliphatic heterocycles. The number of aliphatic hydroxyl groups excluding tert-OH is 1. The van der Waals surface area contributed by atoms with Gasteiger partial charge in [0, 0.05) is 13.1 Å². The van der Waals surface area contributed by atoms with Crippen molar-refractivity contribution in [2.24, 2.45) is 7.05 Å². The highest BCUT2D eigenvalue weighted by Crippen LogP contribution is 2.29. The number of nitrogens with zero attached hydrogens (tertiary/aromatic N) is 2. The quantitative estimate of drug-likeness (QED) is 0.769. The topological polar surface area (TPSA) is 79.2 Å². The fourth-order valence-corrected chi connectivity index (χ4v) is 2.78. The lowest BCUT2D eigenvalue weighted by molar-refractivity contribution is 0.167. The van der Waals surface area contributed by atoms with Crippen LogP contribution in [0.25, 0.3) is 0 Å². The molecule has 0 unspecified atom stereocenters. The molecule has 0 radical (unpaired) electrons. The number of aryl methyl sites for hydroxylation is 2. The van der Waals surface area contributed by atoms with Gasteiger partial charge in [0.1, 0.15) is 5.82 Å². The van der Waals surface area contributed by atoms with Crippen LogP contribution in [0.5, 0.6) is 0 Å². The second kappa shape index (κ2) is 6.26. The zero-order valence-corrected chi connectivity index (χ0v) is 12.3. The molecular weight excluding hydrogens is 256 g/mol. The maximum absolute atomic E-state index is 12.1. The van der Waals surface area contributed by atoms with Crippen LogP contribution in [0.2, 0.25) is 0 Å². The number of urea groups is 1. The van der Waals surface area contributed by atoms with Gasteiger partial charge in [0.2, 0.25) is 0 Å². The van der Waals surface area contributed by atoms with Crippen LogP contribution in [-0.2, 0) is 13.5 Å². The fourth-order valence-electron chi connectivity index (χ4n) is 2.78. The number of aliphatic hydroxyl groups is 1. The van der Waals surface area contributed by atoms with E-state index in [4.69, 9.17) is 0 Å². The van der Waals surface area contributed by atoms with Crippen molar-refractivity contribution >= 4 is 11.8 Å². The highest BCUT2D eigenvalue weighted by atomic mass is 16.3. The first-order valence-electron chi connectivity index (χ1n) is 7.31. The van der Waals surface area contributed by atoms with Gasteiger partial charge in [-0.2, -0.15) is 5.10 Å². The van der Waals surface area contributed by atoms with Crippen molar-refractivity contribution in [3.8, 4) is 0 Å². The molecule has 112 valence electrons. The molecule has 1 saturated carbocycles. The molecule has 0 bridgehead atoms. The van der Waals surface area contributed by atoms with E-state index in [1.807, 2.05) is 13.1 Å². The molecule has 0 aromatic carbocycles. The average molecular weight is 280 g/mol. The minimum atomic E-state index is -0.449. The molecule has 1 fully saturated rings. The largest absolute Gasteiger partial charge is 0.394 e. The molecule has 0 spiro atoms. The summed E-state index contributed by atoms with van der Waals surface area (Å²) < 4.78 is 1.67. The van der Waals surface area contributed by atoms with E-state index < -0.39 is 5.54 Å². The molecular formula is C14H24N4O2. The number of aromatic nitrogens is 2. The summed E-state index contributed by atoms with van der Waals surface area (Å²) in [5.41, 5.74) is 0.526. The van der Waals surface area contributed by atoms with Gasteiger partial charge >= 0.3 is 6.03 Å². The van der Waals surface area contributed by atoms with Gasteiger partial charge in [-0.3, -0.25) is 10.00 Å². The van der Waals surface area contributed by atoms with Gasteiger partial charge in [-0.05, 0) is 19.3 Å². The Kier molecular flexibility index (Phi) is 4.65. The van der Waals surface area contributed by atoms with Crippen LogP contribution in [0, 0.1) is 0 Å². The lowest BCUT2D eigenvalue weighted by Gasteiger charge is -2.27. The van der Waals surface area contributed by atoms with E-state index in [1.54, 1.807) is 4.68 Å². The van der Waals surface area contributed by atoms with Gasteiger partial charge in [-0.1, -0.05) is 26.2 Å². The average Bonchev–Trinajstić information content (AvgIpc) is 2.99. The van der Waals surface area contributed by atoms with Crippen molar-refractivity contribution in [1.82, 2.24) is 15.1 Å². The first kappa shape index (κ1) is 14.8. The summed E-state index contributed by atoms with van der Waals surface area (Å²) >= 11 is 0. The molecule has 1 aliphatic carbocycles. The Morgan fingerprint density at radius 2 is 2.20 bits per heavy atom. The maximum Gasteiger partial charge on any atom is 0.320 e. The SMILES string of the molecule is CCCc1cc(NC(=O)NC2(CO)CCCC2)n(C)n1. The number of hydrogen-bond acceptors (Lipinski definition) is 3. The molecule has 20 heavy (non-hydrogen) atoms. The Bertz CT molecular complexity index is 464. The molecule has 6 nitrogen and oxygen atoms in total. The monoisotopic (exact) mass is 280 g/mol. The van der Waals surface area contributed by atoms with Gasteiger partial charge in [-0.15, -0.1) is 0 Å². The standard InChI is InChI=1S/C14H24N4O2/c1-3-6-11-9-12(18(2)17-11)15-13(20)16-14(10-19)7-4-5-8-14/h9,19H,3-8,10H2,1-2H3,(H2,15,16,20). The predicted molar refractivity (Wildman–Crippen MR) is 77.6 cm³/mol. The first-order valence-corrected chi connectivity index (χ1v) is 7.31. The summed E-state index contributed by atoms with van der Waals surface area (Å²) in [6.45, 7) is 2.09. The van der Waals surface area contributed by atoms with Gasteiger partial charge in [0.15, 0.2) is 0 Å². The van der Waals surface area contributed by atoms with E-state index >= 15 is 0 Å². The number of hydrogen-bond donors (Lipinski definition) is 3. The van der Waals surface area contributed by atoms with Crippen molar-refractivity contribution in [2.45, 2.75) is 51.0 Å². The van der Waals surface area contributed by atoms with Crippen LogP contribution >= 0.6 is 0 Å². The third-order valence-electron chi connectivity index (χ3n) is 3.92. The predicted octanol–water partition coefficient (Wildman–Crippen LogP) is 1.80. The van der Waals surface area contributed by atoms with Crippen LogP contribution in [0.1, 0.15) is 44.7 Å². The van der Waals surface area contributed by atoms with Crippen molar-refractivity contribution in [3.05, 3.63) is 11.8 Å². The van der Waals surface area contributed by atoms with E-state index in [9.17, 15) is 9.90 Å². The number of rotatable bonds is 5. The molecule has 1 aromatic rings. The van der Waals surface area contributed by atoms with Crippen LogP contribution in [0.3, 0.4) is 0 Å². The summed E-state index contributed by atoms with van der Waals surface area (Å²) in [7, 11) is 1.81. The third kappa shape index (κ3) is 3.30. The second-order valence-electron chi connectivity index (χ2n) is 5.62. The number of anilines is 1. The van der Waals surface area contributed by atoms with Crippen LogP contribution in [0.4, 0.5) is 10.6 Å². The Hall–Kier alpha value is -1.56. The number of carbonyl (C=O) groups excluding carboxylic acids is 1. The molecule has 2 amide bonds. The van der Waals surface area contributed by atoms with E-state index in [1.165, 1.54) is 0 Å². The van der Waals surface area contributed by atoms with Gasteiger partial charge in [-0.25, -0.2) is 4.79 Å². The summed E-state index contributed by atoms with van der Waals surface area (Å²) in [4.78, 5) is 12.1. The molecule has 2 rings (SSSR count). The van der Waals surface area contributed by atoms with Gasteiger partial charge < -0.3 is 10.4 Å². The Balaban J connectivity index is 1.97. The third-order valence-corrected chi connectivity index (χ3v) is 3.92. The lowest BCUT2D eigenvalue weighted by Crippen LogP contribution is -2.50. The smallest absolute Gasteiger partial charge is 0.320 e. The minimum Gasteiger partial charge on any atom is -0.394 e. The maximum atomic E-state index is 12.1. The Labute approximate surface area is 119 Å². The van der Waals surface area contributed by atoms with E-state index in [-0.39, 0.29) is 12.6 Å². The van der Waals surface area contributed by atoms with Crippen molar-refractivity contribution in [3.63, 3.8) is 0 Å². The zero-order chi connectivity index (χ0) is 14.6. The zero-order valence-electron chi connectivity index (χ0n) is 12.3. The molecule has 6 heteroatoms. The summed E-state index contributed by atoms with van der Waals surface area (Å²) in [6.07, 6.45) is 5.70. The highest BCUT2D eigenvalue weighted by molar-refractivity contribution is 5.89.